The summed E-state index contributed by atoms with van der Waals surface area (Å²) in [6, 6.07) is 21.2. The topological polar surface area (TPSA) is 108 Å². The number of aliphatic hydroxyl groups is 1. The molecular formula is C31H26N2O6. The first kappa shape index (κ1) is 23.8. The van der Waals surface area contributed by atoms with E-state index >= 15 is 0 Å². The van der Waals surface area contributed by atoms with Crippen LogP contribution in [0.3, 0.4) is 0 Å². The maximum atomic E-state index is 13.9. The molecule has 7 rings (SSSR count). The molecule has 2 aliphatic heterocycles. The van der Waals surface area contributed by atoms with Gasteiger partial charge in [0.05, 0.1) is 41.0 Å². The molecule has 39 heavy (non-hydrogen) atoms. The molecule has 8 nitrogen and oxygen atoms in total. The Morgan fingerprint density at radius 3 is 1.87 bits per heavy atom. The number of para-hydroxylation sites is 2. The number of nitrogens with zero attached hydrogens (tertiary/aromatic N) is 2. The van der Waals surface area contributed by atoms with Crippen LogP contribution in [0.1, 0.15) is 30.3 Å². The summed E-state index contributed by atoms with van der Waals surface area (Å²) in [4.78, 5) is 57.7. The van der Waals surface area contributed by atoms with E-state index in [1.165, 1.54) is 9.80 Å². The maximum absolute atomic E-state index is 13.9. The molecule has 3 fully saturated rings. The lowest BCUT2D eigenvalue weighted by molar-refractivity contribution is -0.126. The van der Waals surface area contributed by atoms with Gasteiger partial charge >= 0.3 is 0 Å². The highest BCUT2D eigenvalue weighted by molar-refractivity contribution is 6.24. The van der Waals surface area contributed by atoms with Crippen molar-refractivity contribution in [1.29, 1.82) is 0 Å². The Morgan fingerprint density at radius 2 is 1.28 bits per heavy atom. The van der Waals surface area contributed by atoms with Gasteiger partial charge in [0.2, 0.25) is 23.6 Å². The molecule has 2 aromatic carbocycles. The van der Waals surface area contributed by atoms with Crippen molar-refractivity contribution in [2.24, 2.45) is 29.6 Å². The molecule has 3 heterocycles. The van der Waals surface area contributed by atoms with E-state index in [-0.39, 0.29) is 30.2 Å². The van der Waals surface area contributed by atoms with Gasteiger partial charge in [-0.05, 0) is 55.2 Å². The Balaban J connectivity index is 1.33. The molecular weight excluding hydrogens is 496 g/mol. The van der Waals surface area contributed by atoms with Crippen LogP contribution in [0.15, 0.2) is 88.9 Å². The van der Waals surface area contributed by atoms with E-state index < -0.39 is 35.5 Å². The van der Waals surface area contributed by atoms with E-state index in [0.29, 0.717) is 35.7 Å². The summed E-state index contributed by atoms with van der Waals surface area (Å²) in [5.41, 5.74) is 1.91. The number of imide groups is 2. The number of carbonyl (C=O) groups excluding carboxylic acids is 4. The Labute approximate surface area is 224 Å². The molecule has 3 aromatic rings. The number of benzene rings is 2. The molecule has 0 radical (unpaired) electrons. The van der Waals surface area contributed by atoms with E-state index in [2.05, 4.69) is 0 Å². The third-order valence-corrected chi connectivity index (χ3v) is 8.82. The number of carbonyl (C=O) groups is 4. The largest absolute Gasteiger partial charge is 0.463 e. The number of furan rings is 1. The standard InChI is InChI=1S/C31H26N2O6/c34-16-19-11-14-24(39-19)26-20-12-13-21-25(30(37)32(28(21)35)17-7-3-1-4-8-17)22(20)15-23-27(26)31(38)33(29(23)36)18-9-5-2-6-10-18/h1-12,14,21-23,25-27,34H,13,15-16H2. The van der Waals surface area contributed by atoms with Gasteiger partial charge in [-0.15, -0.1) is 0 Å². The van der Waals surface area contributed by atoms with Gasteiger partial charge in [0, 0.05) is 0 Å². The van der Waals surface area contributed by atoms with Gasteiger partial charge in [-0.2, -0.15) is 0 Å². The lowest BCUT2D eigenvalue weighted by Gasteiger charge is -2.43. The number of rotatable bonds is 4. The zero-order valence-electron chi connectivity index (χ0n) is 21.0. The smallest absolute Gasteiger partial charge is 0.238 e. The van der Waals surface area contributed by atoms with Crippen LogP contribution in [-0.2, 0) is 25.8 Å². The Hall–Kier alpha value is -4.30. The molecule has 4 amide bonds. The molecule has 1 N–H and O–H groups in total. The quantitative estimate of drug-likeness (QED) is 0.412. The summed E-state index contributed by atoms with van der Waals surface area (Å²) < 4.78 is 5.97. The van der Waals surface area contributed by atoms with Crippen molar-refractivity contribution in [3.05, 3.63) is 96.0 Å². The highest BCUT2D eigenvalue weighted by Crippen LogP contribution is 2.58. The molecule has 196 valence electrons. The minimum Gasteiger partial charge on any atom is -0.463 e. The second-order valence-electron chi connectivity index (χ2n) is 10.7. The van der Waals surface area contributed by atoms with Crippen molar-refractivity contribution in [2.75, 3.05) is 9.80 Å². The van der Waals surface area contributed by atoms with E-state index in [1.807, 2.05) is 18.2 Å². The molecule has 6 unspecified atom stereocenters. The first-order valence-corrected chi connectivity index (χ1v) is 13.2. The molecule has 6 atom stereocenters. The van der Waals surface area contributed by atoms with Gasteiger partial charge in [-0.1, -0.05) is 48.0 Å². The summed E-state index contributed by atoms with van der Waals surface area (Å²) in [5.74, 6) is -3.74. The second kappa shape index (κ2) is 8.88. The fourth-order valence-corrected chi connectivity index (χ4v) is 7.21. The maximum Gasteiger partial charge on any atom is 0.238 e. The van der Waals surface area contributed by atoms with Crippen LogP contribution in [0.5, 0.6) is 0 Å². The summed E-state index contributed by atoms with van der Waals surface area (Å²) >= 11 is 0. The third-order valence-electron chi connectivity index (χ3n) is 8.82. The number of aliphatic hydroxyl groups excluding tert-OH is 1. The molecule has 0 bridgehead atoms. The molecule has 0 spiro atoms. The number of hydrogen-bond donors (Lipinski definition) is 1. The molecule has 1 aromatic heterocycles. The molecule has 8 heteroatoms. The van der Waals surface area contributed by atoms with Crippen LogP contribution >= 0.6 is 0 Å². The van der Waals surface area contributed by atoms with Crippen LogP contribution in [0.2, 0.25) is 0 Å². The second-order valence-corrected chi connectivity index (χ2v) is 10.7. The van der Waals surface area contributed by atoms with E-state index in [1.54, 1.807) is 60.7 Å². The summed E-state index contributed by atoms with van der Waals surface area (Å²) in [6.45, 7) is -0.296. The highest BCUT2D eigenvalue weighted by atomic mass is 16.4. The SMILES string of the molecule is O=C1C2CC=C3C(CC4C(=O)N(c5ccccc5)C(=O)C4C3c3ccc(CO)o3)C2C(=O)N1c1ccccc1. The zero-order chi connectivity index (χ0) is 26.8. The fourth-order valence-electron chi connectivity index (χ4n) is 7.21. The number of fused-ring (bicyclic) bond motifs is 4. The lowest BCUT2D eigenvalue weighted by atomic mass is 9.58. The Bertz CT molecular complexity index is 1530. The van der Waals surface area contributed by atoms with E-state index in [0.717, 1.165) is 5.57 Å². The summed E-state index contributed by atoms with van der Waals surface area (Å²) in [5, 5.41) is 9.65. The Kier molecular flexibility index (Phi) is 5.42. The van der Waals surface area contributed by atoms with Crippen molar-refractivity contribution in [1.82, 2.24) is 0 Å². The normalized spacial score (nSPS) is 29.8. The van der Waals surface area contributed by atoms with Crippen molar-refractivity contribution >= 4 is 35.0 Å². The van der Waals surface area contributed by atoms with Crippen LogP contribution in [-0.4, -0.2) is 28.7 Å². The van der Waals surface area contributed by atoms with E-state index in [4.69, 9.17) is 4.42 Å². The molecule has 4 aliphatic rings. The minimum atomic E-state index is -0.702. The third kappa shape index (κ3) is 3.41. The zero-order valence-corrected chi connectivity index (χ0v) is 21.0. The van der Waals surface area contributed by atoms with Crippen molar-refractivity contribution in [3.8, 4) is 0 Å². The number of hydrogen-bond acceptors (Lipinski definition) is 6. The molecule has 2 saturated heterocycles. The molecule has 2 aliphatic carbocycles. The van der Waals surface area contributed by atoms with Crippen LogP contribution in [0.25, 0.3) is 0 Å². The highest BCUT2D eigenvalue weighted by Gasteiger charge is 2.62. The first-order valence-electron chi connectivity index (χ1n) is 13.2. The average Bonchev–Trinajstić information content (AvgIpc) is 3.62. The predicted molar refractivity (Wildman–Crippen MR) is 140 cm³/mol. The van der Waals surface area contributed by atoms with Crippen molar-refractivity contribution in [2.45, 2.75) is 25.4 Å². The van der Waals surface area contributed by atoms with Gasteiger partial charge in [-0.25, -0.2) is 0 Å². The van der Waals surface area contributed by atoms with E-state index in [9.17, 15) is 24.3 Å². The van der Waals surface area contributed by atoms with Crippen LogP contribution in [0.4, 0.5) is 11.4 Å². The molecule has 1 saturated carbocycles. The minimum absolute atomic E-state index is 0.231. The summed E-state index contributed by atoms with van der Waals surface area (Å²) in [6.07, 6.45) is 2.66. The predicted octanol–water partition coefficient (Wildman–Crippen LogP) is 3.82. The van der Waals surface area contributed by atoms with Crippen molar-refractivity contribution in [3.63, 3.8) is 0 Å². The van der Waals surface area contributed by atoms with Crippen LogP contribution in [0, 0.1) is 29.6 Å². The first-order chi connectivity index (χ1) is 19.0. The van der Waals surface area contributed by atoms with Crippen molar-refractivity contribution < 1.29 is 28.7 Å². The van der Waals surface area contributed by atoms with Gasteiger partial charge < -0.3 is 9.52 Å². The van der Waals surface area contributed by atoms with Gasteiger partial charge in [-0.3, -0.25) is 29.0 Å². The Morgan fingerprint density at radius 1 is 0.692 bits per heavy atom. The number of allylic oxidation sites excluding steroid dienone is 2. The monoisotopic (exact) mass is 522 g/mol. The van der Waals surface area contributed by atoms with Gasteiger partial charge in [0.1, 0.15) is 18.1 Å². The average molecular weight is 523 g/mol. The van der Waals surface area contributed by atoms with Gasteiger partial charge in [0.15, 0.2) is 0 Å². The lowest BCUT2D eigenvalue weighted by Crippen LogP contribution is -2.43. The summed E-state index contributed by atoms with van der Waals surface area (Å²) in [7, 11) is 0. The van der Waals surface area contributed by atoms with Gasteiger partial charge in [0.25, 0.3) is 0 Å². The number of anilines is 2. The van der Waals surface area contributed by atoms with Crippen LogP contribution < -0.4 is 9.80 Å². The number of amides is 4. The fraction of sp³-hybridized carbons (Fsp3) is 0.290.